The molecule has 30 heavy (non-hydrogen) atoms. The van der Waals surface area contributed by atoms with Crippen LogP contribution in [-0.4, -0.2) is 22.5 Å². The van der Waals surface area contributed by atoms with Crippen molar-refractivity contribution in [1.82, 2.24) is 9.97 Å². The minimum absolute atomic E-state index is 0.00910. The van der Waals surface area contributed by atoms with Crippen molar-refractivity contribution >= 4 is 11.9 Å². The first kappa shape index (κ1) is 23.0. The molecule has 7 heteroatoms. The zero-order valence-electron chi connectivity index (χ0n) is 18.5. The number of H-pyrrole nitrogens is 1. The third kappa shape index (κ3) is 4.99. The third-order valence-corrected chi connectivity index (χ3v) is 5.80. The second-order valence-electron chi connectivity index (χ2n) is 8.56. The highest BCUT2D eigenvalue weighted by Gasteiger charge is 2.27. The average molecular weight is 408 g/mol. The lowest BCUT2D eigenvalue weighted by atomic mass is 9.76. The summed E-state index contributed by atoms with van der Waals surface area (Å²) in [6.45, 7) is 12.8. The van der Waals surface area contributed by atoms with Gasteiger partial charge >= 0.3 is 0 Å². The SMILES string of the molecule is CCC(C)(C)c1ccc(OCC(=O)Nc2nc(C#N)c(C#N)[nH]2)c(C(C)(C)CC)c1. The van der Waals surface area contributed by atoms with Gasteiger partial charge in [-0.15, -0.1) is 0 Å². The van der Waals surface area contributed by atoms with E-state index in [2.05, 4.69) is 69.0 Å². The van der Waals surface area contributed by atoms with Gasteiger partial charge in [-0.05, 0) is 35.3 Å². The molecule has 1 heterocycles. The Balaban J connectivity index is 2.21. The highest BCUT2D eigenvalue weighted by Crippen LogP contribution is 2.38. The number of hydrogen-bond acceptors (Lipinski definition) is 5. The number of ether oxygens (including phenoxy) is 1. The number of benzene rings is 1. The van der Waals surface area contributed by atoms with Gasteiger partial charge in [0.2, 0.25) is 5.95 Å². The van der Waals surface area contributed by atoms with Crippen molar-refractivity contribution in [3.63, 3.8) is 0 Å². The Morgan fingerprint density at radius 1 is 1.13 bits per heavy atom. The van der Waals surface area contributed by atoms with Crippen molar-refractivity contribution in [3.8, 4) is 17.9 Å². The highest BCUT2D eigenvalue weighted by molar-refractivity contribution is 5.90. The number of aromatic amines is 1. The predicted molar refractivity (Wildman–Crippen MR) is 115 cm³/mol. The molecule has 1 aromatic heterocycles. The molecule has 7 nitrogen and oxygen atoms in total. The molecule has 0 fully saturated rings. The summed E-state index contributed by atoms with van der Waals surface area (Å²) in [5.74, 6) is 0.282. The molecule has 0 saturated carbocycles. The van der Waals surface area contributed by atoms with Crippen LogP contribution in [0.1, 0.15) is 76.9 Å². The van der Waals surface area contributed by atoms with Crippen LogP contribution in [0.25, 0.3) is 0 Å². The molecule has 0 aliphatic heterocycles. The molecule has 2 N–H and O–H groups in total. The number of rotatable bonds is 8. The van der Waals surface area contributed by atoms with Gasteiger partial charge < -0.3 is 9.72 Å². The van der Waals surface area contributed by atoms with Crippen molar-refractivity contribution in [3.05, 3.63) is 40.7 Å². The topological polar surface area (TPSA) is 115 Å². The van der Waals surface area contributed by atoms with Crippen LogP contribution in [0.2, 0.25) is 0 Å². The molecule has 158 valence electrons. The normalized spacial score (nSPS) is 11.5. The van der Waals surface area contributed by atoms with Gasteiger partial charge in [-0.3, -0.25) is 10.1 Å². The maximum atomic E-state index is 12.3. The van der Waals surface area contributed by atoms with Crippen molar-refractivity contribution in [1.29, 1.82) is 10.5 Å². The standard InChI is InChI=1S/C23H29N5O2/c1-7-22(3,4)15-9-10-19(16(11-15)23(5,6)8-2)30-14-20(29)28-21-26-17(12-24)18(13-25)27-21/h9-11H,7-8,14H2,1-6H3,(H2,26,27,28,29). The quantitative estimate of drug-likeness (QED) is 0.666. The second-order valence-corrected chi connectivity index (χ2v) is 8.56. The second kappa shape index (κ2) is 9.00. The number of nitriles is 2. The van der Waals surface area contributed by atoms with E-state index < -0.39 is 5.91 Å². The smallest absolute Gasteiger partial charge is 0.264 e. The van der Waals surface area contributed by atoms with Gasteiger partial charge in [0.05, 0.1) is 0 Å². The summed E-state index contributed by atoms with van der Waals surface area (Å²) in [6, 6.07) is 9.80. The van der Waals surface area contributed by atoms with Crippen molar-refractivity contribution < 1.29 is 9.53 Å². The molecule has 1 aromatic carbocycles. The summed E-state index contributed by atoms with van der Waals surface area (Å²) in [7, 11) is 0. The van der Waals surface area contributed by atoms with E-state index >= 15 is 0 Å². The van der Waals surface area contributed by atoms with Crippen LogP contribution in [0.3, 0.4) is 0 Å². The first-order chi connectivity index (χ1) is 14.1. The van der Waals surface area contributed by atoms with E-state index in [1.54, 1.807) is 6.07 Å². The molecule has 0 unspecified atom stereocenters. The van der Waals surface area contributed by atoms with Crippen LogP contribution < -0.4 is 10.1 Å². The fourth-order valence-corrected chi connectivity index (χ4v) is 2.91. The third-order valence-electron chi connectivity index (χ3n) is 5.80. The highest BCUT2D eigenvalue weighted by atomic mass is 16.5. The Labute approximate surface area is 178 Å². The lowest BCUT2D eigenvalue weighted by Gasteiger charge is -2.30. The molecule has 2 aromatic rings. The molecule has 0 radical (unpaired) electrons. The van der Waals surface area contributed by atoms with E-state index in [0.29, 0.717) is 5.75 Å². The molecule has 0 aliphatic carbocycles. The molecule has 0 atom stereocenters. The molecule has 0 aliphatic rings. The number of amides is 1. The van der Waals surface area contributed by atoms with Crippen LogP contribution in [-0.2, 0) is 15.6 Å². The van der Waals surface area contributed by atoms with Crippen molar-refractivity contribution in [2.24, 2.45) is 0 Å². The zero-order chi connectivity index (χ0) is 22.5. The summed E-state index contributed by atoms with van der Waals surface area (Å²) in [5.41, 5.74) is 2.18. The number of hydrogen-bond donors (Lipinski definition) is 2. The molecule has 0 saturated heterocycles. The Kier molecular flexibility index (Phi) is 6.89. The number of nitrogens with zero attached hydrogens (tertiary/aromatic N) is 3. The minimum atomic E-state index is -0.434. The van der Waals surface area contributed by atoms with Gasteiger partial charge in [-0.2, -0.15) is 10.5 Å². The molecular formula is C23H29N5O2. The summed E-state index contributed by atoms with van der Waals surface area (Å²) in [4.78, 5) is 18.8. The van der Waals surface area contributed by atoms with E-state index in [1.807, 2.05) is 12.1 Å². The van der Waals surface area contributed by atoms with Gasteiger partial charge in [-0.1, -0.05) is 53.7 Å². The van der Waals surface area contributed by atoms with Crippen LogP contribution >= 0.6 is 0 Å². The van der Waals surface area contributed by atoms with Gasteiger partial charge in [0, 0.05) is 5.56 Å². The van der Waals surface area contributed by atoms with Gasteiger partial charge in [0.25, 0.3) is 5.91 Å². The molecular weight excluding hydrogens is 378 g/mol. The maximum absolute atomic E-state index is 12.3. The number of aromatic nitrogens is 2. The molecule has 0 bridgehead atoms. The van der Waals surface area contributed by atoms with Crippen molar-refractivity contribution in [2.45, 2.75) is 65.2 Å². The Hall–Kier alpha value is -3.32. The molecule has 0 spiro atoms. The number of anilines is 1. The van der Waals surface area contributed by atoms with Crippen LogP contribution in [0.5, 0.6) is 5.75 Å². The Morgan fingerprint density at radius 3 is 2.33 bits per heavy atom. The zero-order valence-corrected chi connectivity index (χ0v) is 18.5. The van der Waals surface area contributed by atoms with Gasteiger partial charge in [0.15, 0.2) is 18.0 Å². The monoisotopic (exact) mass is 407 g/mol. The average Bonchev–Trinajstić information content (AvgIpc) is 3.13. The summed E-state index contributed by atoms with van der Waals surface area (Å²) in [5, 5.41) is 20.4. The van der Waals surface area contributed by atoms with E-state index in [1.165, 1.54) is 5.56 Å². The van der Waals surface area contributed by atoms with Crippen LogP contribution in [0.15, 0.2) is 18.2 Å². The van der Waals surface area contributed by atoms with Crippen LogP contribution in [0, 0.1) is 22.7 Å². The van der Waals surface area contributed by atoms with Crippen molar-refractivity contribution in [2.75, 3.05) is 11.9 Å². The summed E-state index contributed by atoms with van der Waals surface area (Å²) < 4.78 is 5.87. The maximum Gasteiger partial charge on any atom is 0.264 e. The minimum Gasteiger partial charge on any atom is -0.483 e. The van der Waals surface area contributed by atoms with E-state index in [0.717, 1.165) is 18.4 Å². The summed E-state index contributed by atoms with van der Waals surface area (Å²) >= 11 is 0. The molecule has 1 amide bonds. The number of carbonyl (C=O) groups is 1. The first-order valence-corrected chi connectivity index (χ1v) is 10.1. The molecule has 2 rings (SSSR count). The fourth-order valence-electron chi connectivity index (χ4n) is 2.91. The summed E-state index contributed by atoms with van der Waals surface area (Å²) in [6.07, 6.45) is 1.94. The van der Waals surface area contributed by atoms with E-state index in [4.69, 9.17) is 15.3 Å². The fraction of sp³-hybridized carbons (Fsp3) is 0.478. The Bertz CT molecular complexity index is 974. The van der Waals surface area contributed by atoms with Crippen LogP contribution in [0.4, 0.5) is 5.95 Å². The largest absolute Gasteiger partial charge is 0.483 e. The number of nitrogens with one attached hydrogen (secondary N) is 2. The first-order valence-electron chi connectivity index (χ1n) is 10.1. The van der Waals surface area contributed by atoms with Gasteiger partial charge in [-0.25, -0.2) is 4.98 Å². The van der Waals surface area contributed by atoms with E-state index in [-0.39, 0.29) is 34.8 Å². The Morgan fingerprint density at radius 2 is 1.80 bits per heavy atom. The predicted octanol–water partition coefficient (Wildman–Crippen LogP) is 4.55. The lowest BCUT2D eigenvalue weighted by Crippen LogP contribution is -2.24. The number of carbonyl (C=O) groups excluding carboxylic acids is 1. The van der Waals surface area contributed by atoms with Gasteiger partial charge in [0.1, 0.15) is 17.9 Å². The lowest BCUT2D eigenvalue weighted by molar-refractivity contribution is -0.118. The van der Waals surface area contributed by atoms with E-state index in [9.17, 15) is 4.79 Å². The number of imidazole rings is 1.